The number of esters is 1. The summed E-state index contributed by atoms with van der Waals surface area (Å²) in [6.07, 6.45) is 5.37. The molecule has 0 bridgehead atoms. The lowest BCUT2D eigenvalue weighted by Gasteiger charge is -2.09. The van der Waals surface area contributed by atoms with Gasteiger partial charge in [0, 0.05) is 34.6 Å². The number of benzene rings is 1. The number of halogens is 1. The first kappa shape index (κ1) is 19.9. The van der Waals surface area contributed by atoms with Crippen LogP contribution in [0.3, 0.4) is 0 Å². The molecular formula is C21H21BrN2O4. The number of amides is 1. The number of nitrogens with one attached hydrogen (secondary N) is 2. The molecule has 2 heterocycles. The van der Waals surface area contributed by atoms with Crippen LogP contribution in [0.4, 0.5) is 5.69 Å². The molecule has 0 aliphatic carbocycles. The number of hydrogen-bond acceptors (Lipinski definition) is 5. The highest BCUT2D eigenvalue weighted by Crippen LogP contribution is 2.38. The lowest BCUT2D eigenvalue weighted by Crippen LogP contribution is -2.16. The van der Waals surface area contributed by atoms with Gasteiger partial charge in [0.1, 0.15) is 24.3 Å². The van der Waals surface area contributed by atoms with Gasteiger partial charge in [-0.05, 0) is 31.2 Å². The first-order valence-corrected chi connectivity index (χ1v) is 9.98. The molecule has 146 valence electrons. The normalized spacial score (nSPS) is 18.1. The topological polar surface area (TPSA) is 76.7 Å². The molecule has 1 aromatic carbocycles. The lowest BCUT2D eigenvalue weighted by atomic mass is 9.99. The predicted molar refractivity (Wildman–Crippen MR) is 112 cm³/mol. The third-order valence-corrected chi connectivity index (χ3v) is 4.78. The average Bonchev–Trinajstić information content (AvgIpc) is 3.24. The molecule has 0 atom stereocenters. The van der Waals surface area contributed by atoms with Crippen molar-refractivity contribution >= 4 is 39.3 Å². The summed E-state index contributed by atoms with van der Waals surface area (Å²) in [4.78, 5) is 23.6. The summed E-state index contributed by atoms with van der Waals surface area (Å²) in [5.41, 5.74) is 4.74. The van der Waals surface area contributed by atoms with E-state index in [1.54, 1.807) is 6.08 Å². The van der Waals surface area contributed by atoms with E-state index in [4.69, 9.17) is 9.47 Å². The quantitative estimate of drug-likeness (QED) is 0.291. The Morgan fingerprint density at radius 3 is 3.00 bits per heavy atom. The van der Waals surface area contributed by atoms with E-state index in [0.29, 0.717) is 24.5 Å². The van der Waals surface area contributed by atoms with Crippen molar-refractivity contribution in [3.05, 3.63) is 71.0 Å². The van der Waals surface area contributed by atoms with Crippen molar-refractivity contribution in [2.45, 2.75) is 13.5 Å². The zero-order valence-electron chi connectivity index (χ0n) is 15.5. The molecule has 0 spiro atoms. The Hall–Kier alpha value is -2.80. The van der Waals surface area contributed by atoms with Gasteiger partial charge in [0.2, 0.25) is 0 Å². The second kappa shape index (κ2) is 8.93. The van der Waals surface area contributed by atoms with Gasteiger partial charge in [0.25, 0.3) is 5.91 Å². The Kier molecular flexibility index (Phi) is 6.36. The van der Waals surface area contributed by atoms with Gasteiger partial charge in [-0.1, -0.05) is 34.7 Å². The van der Waals surface area contributed by atoms with Gasteiger partial charge in [0.05, 0.1) is 5.57 Å². The summed E-state index contributed by atoms with van der Waals surface area (Å²) in [5.74, 6) is 0.0833. The molecule has 3 rings (SSSR count). The summed E-state index contributed by atoms with van der Waals surface area (Å²) in [5, 5.41) is 6.26. The van der Waals surface area contributed by atoms with Gasteiger partial charge in [-0.2, -0.15) is 0 Å². The van der Waals surface area contributed by atoms with Crippen molar-refractivity contribution in [2.75, 3.05) is 23.8 Å². The van der Waals surface area contributed by atoms with E-state index in [1.165, 1.54) is 0 Å². The number of carbonyl (C=O) groups is 2. The standard InChI is InChI=1S/C21H21BrN2O4/c1-3-5-17-15(4-2)19(21(26)24-17)20-16-7-6-14(10-13(16)12-28-20)23-8-9-27-18(25)11-22/h3-7,10,23H,2,8-9,11-12H2,1H3,(H,24,26)/b5-3-,20-19+. The van der Waals surface area contributed by atoms with Crippen LogP contribution in [0.5, 0.6) is 0 Å². The molecule has 2 aliphatic heterocycles. The van der Waals surface area contributed by atoms with Gasteiger partial charge in [-0.25, -0.2) is 0 Å². The van der Waals surface area contributed by atoms with Crippen LogP contribution in [0.2, 0.25) is 0 Å². The molecule has 1 amide bonds. The molecule has 0 fully saturated rings. The molecule has 0 unspecified atom stereocenters. The number of rotatable bonds is 7. The molecule has 28 heavy (non-hydrogen) atoms. The largest absolute Gasteiger partial charge is 0.487 e. The van der Waals surface area contributed by atoms with Crippen LogP contribution >= 0.6 is 15.9 Å². The van der Waals surface area contributed by atoms with Gasteiger partial charge < -0.3 is 20.1 Å². The second-order valence-electron chi connectivity index (χ2n) is 6.13. The van der Waals surface area contributed by atoms with Crippen LogP contribution in [0.15, 0.2) is 59.8 Å². The number of anilines is 1. The molecule has 7 heteroatoms. The minimum Gasteiger partial charge on any atom is -0.487 e. The SMILES string of the molecule is C=CC1=C(/C=C\C)NC(=O)/C1=C1/OCc2cc(NCCOC(=O)CBr)ccc21. The van der Waals surface area contributed by atoms with Crippen LogP contribution in [0.25, 0.3) is 5.76 Å². The molecule has 0 radical (unpaired) electrons. The van der Waals surface area contributed by atoms with E-state index < -0.39 is 0 Å². The van der Waals surface area contributed by atoms with E-state index in [2.05, 4.69) is 33.1 Å². The highest BCUT2D eigenvalue weighted by atomic mass is 79.9. The zero-order valence-corrected chi connectivity index (χ0v) is 17.1. The van der Waals surface area contributed by atoms with E-state index in [-0.39, 0.29) is 23.8 Å². The first-order chi connectivity index (χ1) is 13.6. The Bertz CT molecular complexity index is 915. The molecule has 0 aromatic heterocycles. The summed E-state index contributed by atoms with van der Waals surface area (Å²) in [6.45, 7) is 6.91. The number of ether oxygens (including phenoxy) is 2. The van der Waals surface area contributed by atoms with Gasteiger partial charge >= 0.3 is 5.97 Å². The van der Waals surface area contributed by atoms with E-state index in [0.717, 1.165) is 28.1 Å². The van der Waals surface area contributed by atoms with Crippen molar-refractivity contribution < 1.29 is 19.1 Å². The minimum absolute atomic E-state index is 0.186. The van der Waals surface area contributed by atoms with E-state index >= 15 is 0 Å². The molecule has 1 aromatic rings. The van der Waals surface area contributed by atoms with Crippen molar-refractivity contribution in [1.29, 1.82) is 0 Å². The van der Waals surface area contributed by atoms with Crippen molar-refractivity contribution in [3.63, 3.8) is 0 Å². The Balaban J connectivity index is 1.81. The summed E-state index contributed by atoms with van der Waals surface area (Å²) in [6, 6.07) is 5.82. The molecule has 0 saturated heterocycles. The van der Waals surface area contributed by atoms with E-state index in [1.807, 2.05) is 37.3 Å². The maximum Gasteiger partial charge on any atom is 0.316 e. The molecule has 0 saturated carbocycles. The Morgan fingerprint density at radius 1 is 1.46 bits per heavy atom. The minimum atomic E-state index is -0.293. The zero-order chi connectivity index (χ0) is 20.1. The molecule has 2 N–H and O–H groups in total. The van der Waals surface area contributed by atoms with E-state index in [9.17, 15) is 9.59 Å². The molecule has 6 nitrogen and oxygen atoms in total. The fourth-order valence-electron chi connectivity index (χ4n) is 3.12. The average molecular weight is 445 g/mol. The van der Waals surface area contributed by atoms with Gasteiger partial charge in [-0.3, -0.25) is 9.59 Å². The number of allylic oxidation sites excluding steroid dienone is 3. The van der Waals surface area contributed by atoms with Crippen LogP contribution in [0.1, 0.15) is 18.1 Å². The van der Waals surface area contributed by atoms with Crippen LogP contribution in [-0.4, -0.2) is 30.4 Å². The fourth-order valence-corrected chi connectivity index (χ4v) is 3.28. The van der Waals surface area contributed by atoms with Crippen LogP contribution < -0.4 is 10.6 Å². The lowest BCUT2D eigenvalue weighted by molar-refractivity contribution is -0.139. The highest BCUT2D eigenvalue weighted by molar-refractivity contribution is 9.09. The monoisotopic (exact) mass is 444 g/mol. The number of carbonyl (C=O) groups excluding carboxylic acids is 2. The third kappa shape index (κ3) is 4.04. The van der Waals surface area contributed by atoms with Crippen LogP contribution in [0, 0.1) is 0 Å². The smallest absolute Gasteiger partial charge is 0.316 e. The van der Waals surface area contributed by atoms with Gasteiger partial charge in [0.15, 0.2) is 0 Å². The number of alkyl halides is 1. The number of hydrogen-bond donors (Lipinski definition) is 2. The summed E-state index contributed by atoms with van der Waals surface area (Å²) >= 11 is 3.05. The maximum absolute atomic E-state index is 12.5. The molecular weight excluding hydrogens is 424 g/mol. The Labute approximate surface area is 172 Å². The summed E-state index contributed by atoms with van der Waals surface area (Å²) in [7, 11) is 0. The third-order valence-electron chi connectivity index (χ3n) is 4.32. The number of fused-ring (bicyclic) bond motifs is 1. The highest BCUT2D eigenvalue weighted by Gasteiger charge is 2.32. The predicted octanol–water partition coefficient (Wildman–Crippen LogP) is 3.42. The van der Waals surface area contributed by atoms with Crippen molar-refractivity contribution in [1.82, 2.24) is 5.32 Å². The van der Waals surface area contributed by atoms with Gasteiger partial charge in [-0.15, -0.1) is 0 Å². The van der Waals surface area contributed by atoms with Crippen molar-refractivity contribution in [3.8, 4) is 0 Å². The van der Waals surface area contributed by atoms with Crippen LogP contribution in [-0.2, 0) is 25.7 Å². The first-order valence-electron chi connectivity index (χ1n) is 8.86. The Morgan fingerprint density at radius 2 is 2.29 bits per heavy atom. The summed E-state index contributed by atoms with van der Waals surface area (Å²) < 4.78 is 10.9. The van der Waals surface area contributed by atoms with Crippen molar-refractivity contribution in [2.24, 2.45) is 0 Å². The molecule has 2 aliphatic rings. The second-order valence-corrected chi connectivity index (χ2v) is 6.69. The fraction of sp³-hybridized carbons (Fsp3) is 0.238. The maximum atomic E-state index is 12.5.